The van der Waals surface area contributed by atoms with Crippen molar-refractivity contribution in [2.45, 2.75) is 12.6 Å². The summed E-state index contributed by atoms with van der Waals surface area (Å²) in [5.74, 6) is 0.551. The van der Waals surface area contributed by atoms with Crippen molar-refractivity contribution in [3.05, 3.63) is 70.7 Å². The molecule has 0 spiro atoms. The largest absolute Gasteiger partial charge is 0.493 e. The van der Waals surface area contributed by atoms with Gasteiger partial charge in [-0.15, -0.1) is 0 Å². The third-order valence-corrected chi connectivity index (χ3v) is 5.05. The van der Waals surface area contributed by atoms with E-state index < -0.39 is 6.04 Å². The Bertz CT molecular complexity index is 1000. The normalized spacial score (nSPS) is 18.3. The lowest BCUT2D eigenvalue weighted by Gasteiger charge is -2.26. The summed E-state index contributed by atoms with van der Waals surface area (Å²) in [6.45, 7) is 0.601. The molecule has 7 nitrogen and oxygen atoms in total. The summed E-state index contributed by atoms with van der Waals surface area (Å²) in [5.41, 5.74) is 2.57. The lowest BCUT2D eigenvalue weighted by atomic mass is 9.96. The molecule has 4 rings (SSSR count). The van der Waals surface area contributed by atoms with E-state index in [0.717, 1.165) is 5.56 Å². The number of nitrogens with one attached hydrogen (secondary N) is 2. The quantitative estimate of drug-likeness (QED) is 0.813. The molecule has 0 aliphatic carbocycles. The van der Waals surface area contributed by atoms with Crippen LogP contribution < -0.4 is 20.1 Å². The Morgan fingerprint density at radius 2 is 1.79 bits per heavy atom. The second-order valence-corrected chi connectivity index (χ2v) is 6.83. The van der Waals surface area contributed by atoms with Gasteiger partial charge in [0.15, 0.2) is 11.5 Å². The predicted octanol–water partition coefficient (Wildman–Crippen LogP) is 2.49. The van der Waals surface area contributed by atoms with Crippen molar-refractivity contribution in [2.24, 2.45) is 0 Å². The van der Waals surface area contributed by atoms with Crippen molar-refractivity contribution in [3.63, 3.8) is 0 Å². The molecule has 2 aromatic carbocycles. The van der Waals surface area contributed by atoms with E-state index in [0.29, 0.717) is 34.9 Å². The van der Waals surface area contributed by atoms with E-state index in [2.05, 4.69) is 10.6 Å². The highest BCUT2D eigenvalue weighted by atomic mass is 19.1. The summed E-state index contributed by atoms with van der Waals surface area (Å²) in [4.78, 5) is 26.9. The maximum absolute atomic E-state index is 13.2. The molecule has 2 aliphatic rings. The van der Waals surface area contributed by atoms with Crippen molar-refractivity contribution in [2.75, 3.05) is 20.8 Å². The standard InChI is InChI=1S/C21H20FN3O4/c1-28-16-8-5-13(9-17(16)29-2)19-18-15(23-21(27)24-19)11-25(20(18)26)10-12-3-6-14(22)7-4-12/h3-9,19H,10-11H2,1-2H3,(H2,23,24,27)/t19-/m0/s1. The predicted molar refractivity (Wildman–Crippen MR) is 103 cm³/mol. The highest BCUT2D eigenvalue weighted by Gasteiger charge is 2.40. The maximum Gasteiger partial charge on any atom is 0.319 e. The van der Waals surface area contributed by atoms with Crippen LogP contribution in [0.4, 0.5) is 9.18 Å². The topological polar surface area (TPSA) is 79.9 Å². The first kappa shape index (κ1) is 18.8. The van der Waals surface area contributed by atoms with Gasteiger partial charge < -0.3 is 25.0 Å². The molecule has 2 N–H and O–H groups in total. The molecular weight excluding hydrogens is 377 g/mol. The number of rotatable bonds is 5. The van der Waals surface area contributed by atoms with E-state index in [1.165, 1.54) is 26.4 Å². The van der Waals surface area contributed by atoms with Crippen molar-refractivity contribution < 1.29 is 23.5 Å². The summed E-state index contributed by atoms with van der Waals surface area (Å²) in [6.07, 6.45) is 0. The molecule has 0 saturated carbocycles. The average molecular weight is 397 g/mol. The van der Waals surface area contributed by atoms with Crippen LogP contribution in [0.2, 0.25) is 0 Å². The Balaban J connectivity index is 1.63. The molecule has 2 aliphatic heterocycles. The first-order valence-corrected chi connectivity index (χ1v) is 9.06. The van der Waals surface area contributed by atoms with Crippen LogP contribution in [0.1, 0.15) is 17.2 Å². The highest BCUT2D eigenvalue weighted by Crippen LogP contribution is 2.37. The van der Waals surface area contributed by atoms with Gasteiger partial charge in [0.1, 0.15) is 5.82 Å². The number of nitrogens with zero attached hydrogens (tertiary/aromatic N) is 1. The summed E-state index contributed by atoms with van der Waals surface area (Å²) in [7, 11) is 3.07. The number of hydrogen-bond acceptors (Lipinski definition) is 4. The molecule has 0 saturated heterocycles. The number of halogens is 1. The van der Waals surface area contributed by atoms with Gasteiger partial charge in [-0.1, -0.05) is 18.2 Å². The molecule has 8 heteroatoms. The van der Waals surface area contributed by atoms with Crippen molar-refractivity contribution in [1.29, 1.82) is 0 Å². The number of ether oxygens (including phenoxy) is 2. The van der Waals surface area contributed by atoms with Crippen molar-refractivity contribution in [3.8, 4) is 11.5 Å². The highest BCUT2D eigenvalue weighted by molar-refractivity contribution is 6.01. The van der Waals surface area contributed by atoms with Crippen LogP contribution >= 0.6 is 0 Å². The Kier molecular flexibility index (Phi) is 4.84. The average Bonchev–Trinajstić information content (AvgIpc) is 3.03. The summed E-state index contributed by atoms with van der Waals surface area (Å²) in [6, 6.07) is 10.3. The van der Waals surface area contributed by atoms with Crippen LogP contribution in [-0.2, 0) is 11.3 Å². The van der Waals surface area contributed by atoms with Gasteiger partial charge in [0.25, 0.3) is 5.91 Å². The van der Waals surface area contributed by atoms with E-state index in [1.54, 1.807) is 35.2 Å². The van der Waals surface area contributed by atoms with Gasteiger partial charge in [0.05, 0.1) is 38.1 Å². The molecule has 0 fully saturated rings. The number of urea groups is 1. The van der Waals surface area contributed by atoms with Gasteiger partial charge in [-0.3, -0.25) is 4.79 Å². The van der Waals surface area contributed by atoms with Crippen molar-refractivity contribution >= 4 is 11.9 Å². The smallest absolute Gasteiger partial charge is 0.319 e. The summed E-state index contributed by atoms with van der Waals surface area (Å²) < 4.78 is 23.8. The monoisotopic (exact) mass is 397 g/mol. The Hall–Kier alpha value is -3.55. The fraction of sp³-hybridized carbons (Fsp3) is 0.238. The van der Waals surface area contributed by atoms with Crippen LogP contribution in [0.25, 0.3) is 0 Å². The molecule has 0 radical (unpaired) electrons. The molecule has 3 amide bonds. The molecule has 29 heavy (non-hydrogen) atoms. The third kappa shape index (κ3) is 3.49. The minimum Gasteiger partial charge on any atom is -0.493 e. The molecule has 150 valence electrons. The lowest BCUT2D eigenvalue weighted by Crippen LogP contribution is -2.44. The third-order valence-electron chi connectivity index (χ3n) is 5.05. The first-order chi connectivity index (χ1) is 14.0. The first-order valence-electron chi connectivity index (χ1n) is 9.06. The van der Waals surface area contributed by atoms with Crippen LogP contribution in [0.5, 0.6) is 11.5 Å². The number of amides is 3. The van der Waals surface area contributed by atoms with E-state index in [4.69, 9.17) is 9.47 Å². The minimum absolute atomic E-state index is 0.184. The van der Waals surface area contributed by atoms with Crippen LogP contribution in [0.3, 0.4) is 0 Å². The van der Waals surface area contributed by atoms with Crippen LogP contribution in [-0.4, -0.2) is 37.6 Å². The Morgan fingerprint density at radius 3 is 2.48 bits per heavy atom. The summed E-state index contributed by atoms with van der Waals surface area (Å²) in [5, 5.41) is 5.55. The number of methoxy groups -OCH3 is 2. The van der Waals surface area contributed by atoms with Crippen LogP contribution in [0, 0.1) is 5.82 Å². The Labute approximate surface area is 167 Å². The summed E-state index contributed by atoms with van der Waals surface area (Å²) >= 11 is 0. The molecule has 2 heterocycles. The minimum atomic E-state index is -0.607. The number of carbonyl (C=O) groups is 2. The fourth-order valence-electron chi connectivity index (χ4n) is 3.65. The second-order valence-electron chi connectivity index (χ2n) is 6.83. The number of hydrogen-bond donors (Lipinski definition) is 2. The molecule has 1 atom stereocenters. The van der Waals surface area contributed by atoms with E-state index >= 15 is 0 Å². The molecule has 0 unspecified atom stereocenters. The van der Waals surface area contributed by atoms with E-state index in [-0.39, 0.29) is 24.3 Å². The molecule has 2 aromatic rings. The fourth-order valence-corrected chi connectivity index (χ4v) is 3.65. The zero-order valence-electron chi connectivity index (χ0n) is 16.0. The molecule has 0 aromatic heterocycles. The molecule has 0 bridgehead atoms. The van der Waals surface area contributed by atoms with Crippen LogP contribution in [0.15, 0.2) is 53.7 Å². The van der Waals surface area contributed by atoms with Gasteiger partial charge in [-0.25, -0.2) is 9.18 Å². The zero-order chi connectivity index (χ0) is 20.5. The molecular formula is C21H20FN3O4. The number of carbonyl (C=O) groups excluding carboxylic acids is 2. The second kappa shape index (κ2) is 7.46. The van der Waals surface area contributed by atoms with Gasteiger partial charge >= 0.3 is 6.03 Å². The van der Waals surface area contributed by atoms with Gasteiger partial charge in [0.2, 0.25) is 0 Å². The SMILES string of the molecule is COc1ccc([C@@H]2NC(=O)NC3=C2C(=O)N(Cc2ccc(F)cc2)C3)cc1OC. The lowest BCUT2D eigenvalue weighted by molar-refractivity contribution is -0.126. The maximum atomic E-state index is 13.2. The number of benzene rings is 2. The van der Waals surface area contributed by atoms with Gasteiger partial charge in [0, 0.05) is 6.54 Å². The van der Waals surface area contributed by atoms with Crippen molar-refractivity contribution in [1.82, 2.24) is 15.5 Å². The van der Waals surface area contributed by atoms with Gasteiger partial charge in [-0.2, -0.15) is 0 Å². The zero-order valence-corrected chi connectivity index (χ0v) is 16.0. The van der Waals surface area contributed by atoms with Gasteiger partial charge in [-0.05, 0) is 35.4 Å². The van der Waals surface area contributed by atoms with E-state index in [9.17, 15) is 14.0 Å². The Morgan fingerprint density at radius 1 is 1.07 bits per heavy atom. The van der Waals surface area contributed by atoms with E-state index in [1.807, 2.05) is 0 Å².